The molecule has 0 aromatic heterocycles. The standard InChI is InChI=1S/C21H21N3O2/c1-3-23(4-2)17-12-10-16(11-13-17)14-19-20(15-25)22-24(21(19)26)18-8-6-5-7-9-18/h5-15H,3-4H2,1-2H3/b19-14+. The Morgan fingerprint density at radius 1 is 1.00 bits per heavy atom. The van der Waals surface area contributed by atoms with Crippen LogP contribution in [0.5, 0.6) is 0 Å². The molecule has 3 rings (SSSR count). The Kier molecular flexibility index (Phi) is 5.27. The van der Waals surface area contributed by atoms with Gasteiger partial charge in [-0.3, -0.25) is 9.59 Å². The predicted octanol–water partition coefficient (Wildman–Crippen LogP) is 3.52. The van der Waals surface area contributed by atoms with Gasteiger partial charge in [-0.05, 0) is 49.8 Å². The summed E-state index contributed by atoms with van der Waals surface area (Å²) < 4.78 is 0. The molecule has 1 amide bonds. The fraction of sp³-hybridized carbons (Fsp3) is 0.190. The smallest absolute Gasteiger partial charge is 0.281 e. The lowest BCUT2D eigenvalue weighted by molar-refractivity contribution is -0.114. The Balaban J connectivity index is 1.89. The molecule has 1 aliphatic rings. The topological polar surface area (TPSA) is 53.0 Å². The van der Waals surface area contributed by atoms with Gasteiger partial charge in [0.15, 0.2) is 6.29 Å². The molecule has 2 aromatic carbocycles. The number of aldehydes is 1. The maximum absolute atomic E-state index is 12.7. The molecule has 26 heavy (non-hydrogen) atoms. The number of para-hydroxylation sites is 1. The van der Waals surface area contributed by atoms with Crippen LogP contribution in [-0.4, -0.2) is 31.0 Å². The van der Waals surface area contributed by atoms with E-state index in [1.165, 1.54) is 5.01 Å². The summed E-state index contributed by atoms with van der Waals surface area (Å²) in [7, 11) is 0. The molecule has 132 valence electrons. The van der Waals surface area contributed by atoms with Gasteiger partial charge in [0.2, 0.25) is 0 Å². The number of nitrogens with zero attached hydrogens (tertiary/aromatic N) is 3. The van der Waals surface area contributed by atoms with Gasteiger partial charge in [-0.2, -0.15) is 10.1 Å². The van der Waals surface area contributed by atoms with Crippen molar-refractivity contribution >= 4 is 35.4 Å². The molecule has 1 heterocycles. The summed E-state index contributed by atoms with van der Waals surface area (Å²) >= 11 is 0. The first-order valence-electron chi connectivity index (χ1n) is 8.68. The zero-order valence-corrected chi connectivity index (χ0v) is 14.9. The van der Waals surface area contributed by atoms with E-state index in [1.807, 2.05) is 42.5 Å². The number of hydrogen-bond acceptors (Lipinski definition) is 4. The van der Waals surface area contributed by atoms with E-state index in [4.69, 9.17) is 0 Å². The molecular weight excluding hydrogens is 326 g/mol. The molecule has 2 aromatic rings. The van der Waals surface area contributed by atoms with Crippen molar-refractivity contribution in [3.8, 4) is 0 Å². The van der Waals surface area contributed by atoms with Crippen LogP contribution >= 0.6 is 0 Å². The second-order valence-electron chi connectivity index (χ2n) is 5.88. The maximum atomic E-state index is 12.7. The highest BCUT2D eigenvalue weighted by molar-refractivity contribution is 6.49. The third-order valence-corrected chi connectivity index (χ3v) is 4.35. The number of rotatable bonds is 6. The average molecular weight is 347 g/mol. The number of hydrazone groups is 1. The van der Waals surface area contributed by atoms with Gasteiger partial charge in [0.05, 0.1) is 11.3 Å². The van der Waals surface area contributed by atoms with Crippen molar-refractivity contribution in [3.63, 3.8) is 0 Å². The van der Waals surface area contributed by atoms with E-state index >= 15 is 0 Å². The summed E-state index contributed by atoms with van der Waals surface area (Å²) in [4.78, 5) is 26.4. The Morgan fingerprint density at radius 2 is 1.65 bits per heavy atom. The molecule has 0 fully saturated rings. The van der Waals surface area contributed by atoms with Crippen LogP contribution in [-0.2, 0) is 9.59 Å². The molecule has 5 heteroatoms. The summed E-state index contributed by atoms with van der Waals surface area (Å²) in [5.74, 6) is -0.300. The highest BCUT2D eigenvalue weighted by Gasteiger charge is 2.30. The van der Waals surface area contributed by atoms with E-state index in [-0.39, 0.29) is 11.6 Å². The van der Waals surface area contributed by atoms with Gasteiger partial charge in [0, 0.05) is 18.8 Å². The fourth-order valence-electron chi connectivity index (χ4n) is 2.93. The van der Waals surface area contributed by atoms with Crippen LogP contribution < -0.4 is 9.91 Å². The van der Waals surface area contributed by atoms with Crippen LogP contribution in [0.2, 0.25) is 0 Å². The van der Waals surface area contributed by atoms with Crippen LogP contribution in [0.25, 0.3) is 6.08 Å². The number of amides is 1. The molecule has 0 saturated carbocycles. The molecule has 0 N–H and O–H groups in total. The minimum atomic E-state index is -0.300. The lowest BCUT2D eigenvalue weighted by atomic mass is 10.1. The lowest BCUT2D eigenvalue weighted by Crippen LogP contribution is -2.21. The van der Waals surface area contributed by atoms with E-state index in [0.717, 1.165) is 24.3 Å². The van der Waals surface area contributed by atoms with Crippen molar-refractivity contribution < 1.29 is 9.59 Å². The Bertz CT molecular complexity index is 851. The zero-order valence-electron chi connectivity index (χ0n) is 14.9. The highest BCUT2D eigenvalue weighted by atomic mass is 16.2. The molecule has 0 bridgehead atoms. The first kappa shape index (κ1) is 17.6. The van der Waals surface area contributed by atoms with Gasteiger partial charge < -0.3 is 4.90 Å². The molecule has 0 saturated heterocycles. The van der Waals surface area contributed by atoms with E-state index in [2.05, 4.69) is 23.8 Å². The quantitative estimate of drug-likeness (QED) is 0.593. The normalized spacial score (nSPS) is 15.3. The summed E-state index contributed by atoms with van der Waals surface area (Å²) in [6.45, 7) is 6.09. The molecule has 1 aliphatic heterocycles. The van der Waals surface area contributed by atoms with Crippen molar-refractivity contribution in [1.29, 1.82) is 0 Å². The van der Waals surface area contributed by atoms with Crippen LogP contribution in [0.3, 0.4) is 0 Å². The van der Waals surface area contributed by atoms with Crippen molar-refractivity contribution in [1.82, 2.24) is 0 Å². The van der Waals surface area contributed by atoms with E-state index in [0.29, 0.717) is 17.5 Å². The molecule has 5 nitrogen and oxygen atoms in total. The van der Waals surface area contributed by atoms with Crippen molar-refractivity contribution in [2.24, 2.45) is 5.10 Å². The fourth-order valence-corrected chi connectivity index (χ4v) is 2.93. The maximum Gasteiger partial charge on any atom is 0.281 e. The number of carbonyl (C=O) groups is 2. The van der Waals surface area contributed by atoms with Gasteiger partial charge in [-0.1, -0.05) is 30.3 Å². The summed E-state index contributed by atoms with van der Waals surface area (Å²) in [5, 5.41) is 5.43. The highest BCUT2D eigenvalue weighted by Crippen LogP contribution is 2.25. The van der Waals surface area contributed by atoms with Crippen LogP contribution in [0, 0.1) is 0 Å². The molecule has 0 atom stereocenters. The van der Waals surface area contributed by atoms with Gasteiger partial charge in [0.1, 0.15) is 5.71 Å². The molecule has 0 aliphatic carbocycles. The van der Waals surface area contributed by atoms with Crippen LogP contribution in [0.15, 0.2) is 65.3 Å². The van der Waals surface area contributed by atoms with Crippen molar-refractivity contribution in [2.75, 3.05) is 23.0 Å². The second kappa shape index (κ2) is 7.78. The first-order chi connectivity index (χ1) is 12.7. The minimum absolute atomic E-state index is 0.145. The number of carbonyl (C=O) groups excluding carboxylic acids is 2. The van der Waals surface area contributed by atoms with Crippen molar-refractivity contribution in [3.05, 3.63) is 65.7 Å². The minimum Gasteiger partial charge on any atom is -0.372 e. The number of benzene rings is 2. The molecule has 0 radical (unpaired) electrons. The molecule has 0 unspecified atom stereocenters. The Morgan fingerprint density at radius 3 is 2.23 bits per heavy atom. The largest absolute Gasteiger partial charge is 0.372 e. The summed E-state index contributed by atoms with van der Waals surface area (Å²) in [5.41, 5.74) is 3.07. The van der Waals surface area contributed by atoms with Gasteiger partial charge >= 0.3 is 0 Å². The average Bonchev–Trinajstić information content (AvgIpc) is 3.00. The monoisotopic (exact) mass is 347 g/mol. The number of anilines is 2. The third-order valence-electron chi connectivity index (χ3n) is 4.35. The summed E-state index contributed by atoms with van der Waals surface area (Å²) in [6, 6.07) is 17.0. The van der Waals surface area contributed by atoms with E-state index in [1.54, 1.807) is 18.2 Å². The van der Waals surface area contributed by atoms with Gasteiger partial charge in [-0.15, -0.1) is 0 Å². The van der Waals surface area contributed by atoms with Crippen LogP contribution in [0.1, 0.15) is 19.4 Å². The SMILES string of the molecule is CCN(CC)c1ccc(/C=C2/C(=O)N(c3ccccc3)N=C2C=O)cc1. The van der Waals surface area contributed by atoms with Crippen molar-refractivity contribution in [2.45, 2.75) is 13.8 Å². The molecular formula is C21H21N3O2. The summed E-state index contributed by atoms with van der Waals surface area (Å²) in [6.07, 6.45) is 2.33. The third kappa shape index (κ3) is 3.42. The lowest BCUT2D eigenvalue weighted by Gasteiger charge is -2.20. The first-order valence-corrected chi connectivity index (χ1v) is 8.68. The zero-order chi connectivity index (χ0) is 18.5. The van der Waals surface area contributed by atoms with E-state index in [9.17, 15) is 9.59 Å². The van der Waals surface area contributed by atoms with E-state index < -0.39 is 0 Å². The van der Waals surface area contributed by atoms with Crippen LogP contribution in [0.4, 0.5) is 11.4 Å². The Hall–Kier alpha value is -3.21. The molecule has 0 spiro atoms. The Labute approximate surface area is 153 Å². The number of hydrogen-bond donors (Lipinski definition) is 0. The van der Waals surface area contributed by atoms with Gasteiger partial charge in [0.25, 0.3) is 5.91 Å². The second-order valence-corrected chi connectivity index (χ2v) is 5.88. The predicted molar refractivity (Wildman–Crippen MR) is 105 cm³/mol. The van der Waals surface area contributed by atoms with Gasteiger partial charge in [-0.25, -0.2) is 0 Å².